The molecule has 4 nitrogen and oxygen atoms in total. The number of fused-ring (bicyclic) bond motifs is 1. The average molecular weight is 344 g/mol. The molecule has 1 heterocycles. The summed E-state index contributed by atoms with van der Waals surface area (Å²) in [5, 5.41) is 0. The van der Waals surface area contributed by atoms with E-state index in [0.29, 0.717) is 11.4 Å². The summed E-state index contributed by atoms with van der Waals surface area (Å²) in [5.74, 6) is 0.358. The van der Waals surface area contributed by atoms with Crippen LogP contribution in [0.1, 0.15) is 36.3 Å². The van der Waals surface area contributed by atoms with E-state index in [-0.39, 0.29) is 22.7 Å². The first-order chi connectivity index (χ1) is 11.5. The van der Waals surface area contributed by atoms with Crippen molar-refractivity contribution in [2.45, 2.75) is 36.1 Å². The molecular formula is C18H17FN2O2S. The quantitative estimate of drug-likeness (QED) is 0.909. The summed E-state index contributed by atoms with van der Waals surface area (Å²) >= 11 is 0. The molecule has 2 aromatic carbocycles. The number of amidine groups is 1. The maximum absolute atomic E-state index is 13.1. The van der Waals surface area contributed by atoms with Crippen molar-refractivity contribution in [2.75, 3.05) is 0 Å². The number of rotatable bonds is 2. The van der Waals surface area contributed by atoms with Crippen molar-refractivity contribution in [1.82, 2.24) is 4.72 Å². The van der Waals surface area contributed by atoms with E-state index in [1.54, 1.807) is 30.3 Å². The van der Waals surface area contributed by atoms with Crippen LogP contribution in [0.3, 0.4) is 0 Å². The molecule has 0 saturated heterocycles. The van der Waals surface area contributed by atoms with E-state index < -0.39 is 10.0 Å². The monoisotopic (exact) mass is 344 g/mol. The molecule has 2 aliphatic rings. The van der Waals surface area contributed by atoms with E-state index in [1.807, 2.05) is 6.07 Å². The van der Waals surface area contributed by atoms with E-state index in [2.05, 4.69) is 4.72 Å². The van der Waals surface area contributed by atoms with E-state index in [1.165, 1.54) is 12.1 Å². The Morgan fingerprint density at radius 2 is 1.79 bits per heavy atom. The number of benzene rings is 2. The molecule has 0 spiro atoms. The lowest BCUT2D eigenvalue weighted by Crippen LogP contribution is -2.24. The van der Waals surface area contributed by atoms with Gasteiger partial charge in [0.25, 0.3) is 10.0 Å². The Balaban J connectivity index is 1.69. The van der Waals surface area contributed by atoms with Gasteiger partial charge in [-0.15, -0.1) is 0 Å². The van der Waals surface area contributed by atoms with Crippen LogP contribution in [0.2, 0.25) is 0 Å². The lowest BCUT2D eigenvalue weighted by molar-refractivity contribution is 0.593. The zero-order chi connectivity index (χ0) is 16.7. The molecule has 1 aliphatic carbocycles. The van der Waals surface area contributed by atoms with Crippen LogP contribution in [0, 0.1) is 5.82 Å². The Morgan fingerprint density at radius 1 is 1.04 bits per heavy atom. The van der Waals surface area contributed by atoms with Crippen LogP contribution in [0.5, 0.6) is 0 Å². The van der Waals surface area contributed by atoms with Crippen molar-refractivity contribution >= 4 is 15.9 Å². The van der Waals surface area contributed by atoms with Gasteiger partial charge in [-0.05, 0) is 42.7 Å². The molecule has 6 heteroatoms. The highest BCUT2D eigenvalue weighted by molar-refractivity contribution is 7.90. The van der Waals surface area contributed by atoms with Crippen LogP contribution in [0.25, 0.3) is 0 Å². The normalized spacial score (nSPS) is 26.3. The van der Waals surface area contributed by atoms with Crippen LogP contribution >= 0.6 is 0 Å². The zero-order valence-electron chi connectivity index (χ0n) is 12.9. The van der Waals surface area contributed by atoms with Crippen LogP contribution in [0.15, 0.2) is 58.4 Å². The van der Waals surface area contributed by atoms with Gasteiger partial charge in [-0.25, -0.2) is 12.8 Å². The highest BCUT2D eigenvalue weighted by Gasteiger charge is 2.34. The van der Waals surface area contributed by atoms with Gasteiger partial charge in [-0.1, -0.05) is 30.7 Å². The van der Waals surface area contributed by atoms with Crippen molar-refractivity contribution in [3.05, 3.63) is 65.5 Å². The minimum atomic E-state index is -3.51. The first-order valence-corrected chi connectivity index (χ1v) is 9.48. The molecule has 0 bridgehead atoms. The third-order valence-corrected chi connectivity index (χ3v) is 6.13. The van der Waals surface area contributed by atoms with Gasteiger partial charge in [-0.3, -0.25) is 9.71 Å². The first kappa shape index (κ1) is 15.3. The lowest BCUT2D eigenvalue weighted by Gasteiger charge is -2.17. The molecule has 2 unspecified atom stereocenters. The molecule has 1 fully saturated rings. The number of nitrogens with zero attached hydrogens (tertiary/aromatic N) is 1. The Bertz CT molecular complexity index is 907. The maximum atomic E-state index is 13.1. The molecule has 124 valence electrons. The molecule has 0 radical (unpaired) electrons. The molecule has 24 heavy (non-hydrogen) atoms. The average Bonchev–Trinajstić information content (AvgIpc) is 3.12. The van der Waals surface area contributed by atoms with Crippen LogP contribution < -0.4 is 4.72 Å². The number of hydrogen-bond donors (Lipinski definition) is 1. The number of aliphatic imine (C=N–C) groups is 1. The van der Waals surface area contributed by atoms with Gasteiger partial charge in [0.2, 0.25) is 0 Å². The number of nitrogens with one attached hydrogen (secondary N) is 1. The van der Waals surface area contributed by atoms with E-state index in [0.717, 1.165) is 24.8 Å². The van der Waals surface area contributed by atoms with Crippen molar-refractivity contribution in [3.63, 3.8) is 0 Å². The topological polar surface area (TPSA) is 58.5 Å². The SMILES string of the molecule is O=S1(=O)NC(=NC2CCCC2c2ccc(F)cc2)c2ccccc21. The summed E-state index contributed by atoms with van der Waals surface area (Å²) in [5.41, 5.74) is 1.68. The van der Waals surface area contributed by atoms with Crippen LogP contribution in [-0.4, -0.2) is 20.3 Å². The molecule has 0 aromatic heterocycles. The van der Waals surface area contributed by atoms with Gasteiger partial charge < -0.3 is 0 Å². The standard InChI is InChI=1S/C18H17FN2O2S/c19-13-10-8-12(9-11-13)14-5-3-6-16(14)20-18-15-4-1-2-7-17(15)24(22,23)21-18/h1-2,4,7-11,14,16H,3,5-6H2,(H,20,21). The van der Waals surface area contributed by atoms with Crippen molar-refractivity contribution in [3.8, 4) is 0 Å². The Morgan fingerprint density at radius 3 is 2.58 bits per heavy atom. The highest BCUT2D eigenvalue weighted by atomic mass is 32.2. The second-order valence-electron chi connectivity index (χ2n) is 6.24. The summed E-state index contributed by atoms with van der Waals surface area (Å²) < 4.78 is 40.1. The van der Waals surface area contributed by atoms with Gasteiger partial charge in [0.1, 0.15) is 11.7 Å². The number of hydrogen-bond acceptors (Lipinski definition) is 3. The van der Waals surface area contributed by atoms with Gasteiger partial charge in [-0.2, -0.15) is 0 Å². The minimum Gasteiger partial charge on any atom is -0.263 e. The van der Waals surface area contributed by atoms with E-state index >= 15 is 0 Å². The maximum Gasteiger partial charge on any atom is 0.263 e. The summed E-state index contributed by atoms with van der Waals surface area (Å²) in [6.07, 6.45) is 2.90. The van der Waals surface area contributed by atoms with Crippen molar-refractivity contribution < 1.29 is 12.8 Å². The molecule has 1 aliphatic heterocycles. The fraction of sp³-hybridized carbons (Fsp3) is 0.278. The Hall–Kier alpha value is -2.21. The molecule has 2 aromatic rings. The van der Waals surface area contributed by atoms with E-state index in [9.17, 15) is 12.8 Å². The van der Waals surface area contributed by atoms with Gasteiger partial charge in [0.05, 0.1) is 10.9 Å². The zero-order valence-corrected chi connectivity index (χ0v) is 13.8. The predicted molar refractivity (Wildman–Crippen MR) is 90.1 cm³/mol. The Labute approximate surface area is 140 Å². The fourth-order valence-electron chi connectivity index (χ4n) is 3.59. The Kier molecular flexibility index (Phi) is 3.64. The summed E-state index contributed by atoms with van der Waals surface area (Å²) in [4.78, 5) is 5.00. The largest absolute Gasteiger partial charge is 0.263 e. The smallest absolute Gasteiger partial charge is 0.263 e. The van der Waals surface area contributed by atoms with Crippen LogP contribution in [-0.2, 0) is 10.0 Å². The number of halogens is 1. The molecule has 1 saturated carbocycles. The second kappa shape index (κ2) is 5.70. The second-order valence-corrected chi connectivity index (χ2v) is 7.89. The lowest BCUT2D eigenvalue weighted by atomic mass is 9.94. The molecule has 1 N–H and O–H groups in total. The van der Waals surface area contributed by atoms with Crippen molar-refractivity contribution in [2.24, 2.45) is 4.99 Å². The summed E-state index contributed by atoms with van der Waals surface area (Å²) in [7, 11) is -3.51. The highest BCUT2D eigenvalue weighted by Crippen LogP contribution is 2.37. The third-order valence-electron chi connectivity index (χ3n) is 4.74. The fourth-order valence-corrected chi connectivity index (χ4v) is 4.83. The van der Waals surface area contributed by atoms with Crippen LogP contribution in [0.4, 0.5) is 4.39 Å². The number of sulfonamides is 1. The molecular weight excluding hydrogens is 327 g/mol. The van der Waals surface area contributed by atoms with Crippen molar-refractivity contribution in [1.29, 1.82) is 0 Å². The van der Waals surface area contributed by atoms with Gasteiger partial charge in [0, 0.05) is 11.5 Å². The third kappa shape index (κ3) is 2.60. The van der Waals surface area contributed by atoms with Gasteiger partial charge >= 0.3 is 0 Å². The van der Waals surface area contributed by atoms with Gasteiger partial charge in [0.15, 0.2) is 0 Å². The minimum absolute atomic E-state index is 0.000632. The molecule has 2 atom stereocenters. The summed E-state index contributed by atoms with van der Waals surface area (Å²) in [6, 6.07) is 13.4. The summed E-state index contributed by atoms with van der Waals surface area (Å²) in [6.45, 7) is 0. The predicted octanol–water partition coefficient (Wildman–Crippen LogP) is 3.20. The van der Waals surface area contributed by atoms with E-state index in [4.69, 9.17) is 4.99 Å². The molecule has 0 amide bonds. The molecule has 4 rings (SSSR count). The first-order valence-electron chi connectivity index (χ1n) is 8.00.